The fraction of sp³-hybridized carbons (Fsp3) is 0.238. The number of nitro groups is 1. The van der Waals surface area contributed by atoms with E-state index < -0.39 is 11.0 Å². The molecule has 1 fully saturated rings. The van der Waals surface area contributed by atoms with Gasteiger partial charge in [-0.15, -0.1) is 0 Å². The van der Waals surface area contributed by atoms with E-state index in [-0.39, 0.29) is 11.6 Å². The van der Waals surface area contributed by atoms with Gasteiger partial charge in [-0.05, 0) is 43.5 Å². The summed E-state index contributed by atoms with van der Waals surface area (Å²) in [7, 11) is 0. The molecule has 0 aliphatic carbocycles. The monoisotopic (exact) mass is 449 g/mol. The summed E-state index contributed by atoms with van der Waals surface area (Å²) in [5, 5.41) is 16.5. The number of nitro benzene ring substituents is 1. The number of benzene rings is 2. The van der Waals surface area contributed by atoms with Crippen molar-refractivity contribution in [3.8, 4) is 0 Å². The third-order valence-corrected chi connectivity index (χ3v) is 4.92. The highest BCUT2D eigenvalue weighted by Gasteiger charge is 2.17. The zero-order valence-electron chi connectivity index (χ0n) is 17.7. The number of amides is 2. The number of non-ortho nitro benzene ring substituents is 1. The molecule has 2 heterocycles. The van der Waals surface area contributed by atoms with Crippen molar-refractivity contribution in [2.75, 3.05) is 34.0 Å². The van der Waals surface area contributed by atoms with E-state index in [1.54, 1.807) is 0 Å². The molecule has 0 radical (unpaired) electrons. The largest absolute Gasteiger partial charge is 0.341 e. The fourth-order valence-electron chi connectivity index (χ4n) is 3.30. The molecular formula is C21H23N9O3. The van der Waals surface area contributed by atoms with Crippen molar-refractivity contribution in [3.05, 3.63) is 64.7 Å². The molecule has 0 bridgehead atoms. The number of carbonyl (C=O) groups excluding carboxylic acids is 1. The molecular weight excluding hydrogens is 426 g/mol. The molecule has 1 aliphatic heterocycles. The van der Waals surface area contributed by atoms with Gasteiger partial charge >= 0.3 is 6.03 Å². The first-order valence-electron chi connectivity index (χ1n) is 10.5. The third kappa shape index (κ3) is 6.03. The number of piperidine rings is 1. The predicted molar refractivity (Wildman–Crippen MR) is 124 cm³/mol. The molecule has 2 amide bonds. The van der Waals surface area contributed by atoms with Crippen molar-refractivity contribution in [1.29, 1.82) is 0 Å². The van der Waals surface area contributed by atoms with Crippen molar-refractivity contribution < 1.29 is 9.72 Å². The van der Waals surface area contributed by atoms with Crippen LogP contribution >= 0.6 is 0 Å². The summed E-state index contributed by atoms with van der Waals surface area (Å²) in [6.07, 6.45) is 3.30. The topological polar surface area (TPSA) is 150 Å². The second-order valence-corrected chi connectivity index (χ2v) is 7.33. The molecule has 170 valence electrons. The molecule has 0 spiro atoms. The number of nitrogens with one attached hydrogen (secondary N) is 4. The van der Waals surface area contributed by atoms with Gasteiger partial charge in [0.2, 0.25) is 17.8 Å². The standard InChI is InChI=1S/C21H23N9O3/c31-21(23-16-9-11-17(12-10-16)30(32)33)28-27-19-24-18(22-15-7-3-1-4-8-15)25-20(26-19)29-13-5-2-6-14-29/h1,3-4,7-12H,2,5-6,13-14H2,(H2,23,28,31)(H2,22,24,25,26,27). The molecule has 1 saturated heterocycles. The smallest absolute Gasteiger partial charge is 0.337 e. The normalized spacial score (nSPS) is 13.2. The Bertz CT molecular complexity index is 1100. The van der Waals surface area contributed by atoms with E-state index in [2.05, 4.69) is 41.3 Å². The summed E-state index contributed by atoms with van der Waals surface area (Å²) >= 11 is 0. The number of urea groups is 1. The Morgan fingerprint density at radius 3 is 2.27 bits per heavy atom. The first-order valence-corrected chi connectivity index (χ1v) is 10.5. The van der Waals surface area contributed by atoms with Crippen LogP contribution < -0.4 is 26.4 Å². The maximum atomic E-state index is 12.3. The van der Waals surface area contributed by atoms with Crippen LogP contribution in [0, 0.1) is 10.1 Å². The van der Waals surface area contributed by atoms with Crippen LogP contribution in [0.4, 0.5) is 39.7 Å². The second-order valence-electron chi connectivity index (χ2n) is 7.33. The molecule has 4 N–H and O–H groups in total. The van der Waals surface area contributed by atoms with Crippen LogP contribution in [-0.2, 0) is 0 Å². The van der Waals surface area contributed by atoms with Crippen LogP contribution in [0.15, 0.2) is 54.6 Å². The molecule has 1 aromatic heterocycles. The Labute approximate surface area is 189 Å². The summed E-state index contributed by atoms with van der Waals surface area (Å²) in [6, 6.07) is 14.4. The van der Waals surface area contributed by atoms with E-state index in [4.69, 9.17) is 0 Å². The molecule has 4 rings (SSSR count). The van der Waals surface area contributed by atoms with Gasteiger partial charge in [0.25, 0.3) is 5.69 Å². The minimum Gasteiger partial charge on any atom is -0.341 e. The highest BCUT2D eigenvalue weighted by atomic mass is 16.6. The zero-order valence-corrected chi connectivity index (χ0v) is 17.7. The zero-order chi connectivity index (χ0) is 23.0. The second kappa shape index (κ2) is 10.2. The average Bonchev–Trinajstić information content (AvgIpc) is 2.84. The quantitative estimate of drug-likeness (QED) is 0.313. The highest BCUT2D eigenvalue weighted by molar-refractivity contribution is 5.89. The molecule has 0 atom stereocenters. The van der Waals surface area contributed by atoms with Gasteiger partial charge in [-0.25, -0.2) is 10.2 Å². The number of hydrazine groups is 1. The van der Waals surface area contributed by atoms with Crippen molar-refractivity contribution >= 4 is 40.9 Å². The predicted octanol–water partition coefficient (Wildman–Crippen LogP) is 3.66. The summed E-state index contributed by atoms with van der Waals surface area (Å²) in [5.74, 6) is 1.03. The lowest BCUT2D eigenvalue weighted by Gasteiger charge is -2.27. The maximum Gasteiger partial charge on any atom is 0.337 e. The minimum absolute atomic E-state index is 0.0621. The van der Waals surface area contributed by atoms with Crippen LogP contribution in [0.2, 0.25) is 0 Å². The van der Waals surface area contributed by atoms with Crippen molar-refractivity contribution in [1.82, 2.24) is 20.4 Å². The number of anilines is 5. The van der Waals surface area contributed by atoms with Crippen LogP contribution in [0.25, 0.3) is 0 Å². The first kappa shape index (κ1) is 21.7. The number of aromatic nitrogens is 3. The number of hydrogen-bond acceptors (Lipinski definition) is 9. The van der Waals surface area contributed by atoms with Gasteiger partial charge in [0.05, 0.1) is 4.92 Å². The third-order valence-electron chi connectivity index (χ3n) is 4.92. The van der Waals surface area contributed by atoms with Crippen LogP contribution in [0.3, 0.4) is 0 Å². The number of para-hydroxylation sites is 1. The maximum absolute atomic E-state index is 12.3. The van der Waals surface area contributed by atoms with E-state index in [1.165, 1.54) is 30.7 Å². The van der Waals surface area contributed by atoms with Gasteiger partial charge in [-0.1, -0.05) is 18.2 Å². The molecule has 12 heteroatoms. The fourth-order valence-corrected chi connectivity index (χ4v) is 3.30. The van der Waals surface area contributed by atoms with Crippen LogP contribution in [0.5, 0.6) is 0 Å². The molecule has 0 saturated carbocycles. The van der Waals surface area contributed by atoms with Crippen molar-refractivity contribution in [2.24, 2.45) is 0 Å². The van der Waals surface area contributed by atoms with Gasteiger partial charge in [0.1, 0.15) is 0 Å². The Balaban J connectivity index is 1.45. The Morgan fingerprint density at radius 2 is 1.58 bits per heavy atom. The molecule has 33 heavy (non-hydrogen) atoms. The molecule has 1 aliphatic rings. The van der Waals surface area contributed by atoms with Gasteiger partial charge in [-0.2, -0.15) is 15.0 Å². The van der Waals surface area contributed by atoms with Crippen molar-refractivity contribution in [2.45, 2.75) is 19.3 Å². The van der Waals surface area contributed by atoms with Gasteiger partial charge in [0, 0.05) is 36.6 Å². The van der Waals surface area contributed by atoms with E-state index in [9.17, 15) is 14.9 Å². The van der Waals surface area contributed by atoms with Crippen LogP contribution in [0.1, 0.15) is 19.3 Å². The Kier molecular flexibility index (Phi) is 6.73. The summed E-state index contributed by atoms with van der Waals surface area (Å²) < 4.78 is 0. The molecule has 0 unspecified atom stereocenters. The summed E-state index contributed by atoms with van der Waals surface area (Å²) in [5.41, 5.74) is 6.33. The summed E-state index contributed by atoms with van der Waals surface area (Å²) in [4.78, 5) is 37.9. The molecule has 12 nitrogen and oxygen atoms in total. The van der Waals surface area contributed by atoms with E-state index >= 15 is 0 Å². The van der Waals surface area contributed by atoms with E-state index in [0.717, 1.165) is 31.6 Å². The van der Waals surface area contributed by atoms with Gasteiger partial charge in [0.15, 0.2) is 0 Å². The number of hydrogen-bond donors (Lipinski definition) is 4. The lowest BCUT2D eigenvalue weighted by Crippen LogP contribution is -2.35. The lowest BCUT2D eigenvalue weighted by molar-refractivity contribution is -0.384. The average molecular weight is 449 g/mol. The lowest BCUT2D eigenvalue weighted by atomic mass is 10.1. The SMILES string of the molecule is O=C(NNc1nc(Nc2ccccc2)nc(N2CCCCC2)n1)Nc1ccc([N+](=O)[O-])cc1. The Morgan fingerprint density at radius 1 is 0.879 bits per heavy atom. The van der Waals surface area contributed by atoms with Gasteiger partial charge < -0.3 is 15.5 Å². The minimum atomic E-state index is -0.582. The number of rotatable bonds is 7. The molecule has 3 aromatic rings. The van der Waals surface area contributed by atoms with Gasteiger partial charge in [-0.3, -0.25) is 15.5 Å². The highest BCUT2D eigenvalue weighted by Crippen LogP contribution is 2.20. The Hall–Kier alpha value is -4.48. The van der Waals surface area contributed by atoms with E-state index in [0.29, 0.717) is 17.6 Å². The number of nitrogens with zero attached hydrogens (tertiary/aromatic N) is 5. The summed E-state index contributed by atoms with van der Waals surface area (Å²) in [6.45, 7) is 1.70. The van der Waals surface area contributed by atoms with E-state index in [1.807, 2.05) is 30.3 Å². The molecule has 2 aromatic carbocycles. The number of carbonyl (C=O) groups is 1. The first-order chi connectivity index (χ1) is 16.1. The van der Waals surface area contributed by atoms with Crippen LogP contribution in [-0.4, -0.2) is 39.0 Å². The van der Waals surface area contributed by atoms with Crippen molar-refractivity contribution in [3.63, 3.8) is 0 Å².